The van der Waals surface area contributed by atoms with Gasteiger partial charge in [-0.25, -0.2) is 0 Å². The molecule has 0 radical (unpaired) electrons. The maximum Gasteiger partial charge on any atom is 0.0712 e. The number of benzene rings is 1. The van der Waals surface area contributed by atoms with Gasteiger partial charge < -0.3 is 0 Å². The van der Waals surface area contributed by atoms with E-state index in [1.807, 2.05) is 38.1 Å². The second kappa shape index (κ2) is 4.55. The maximum absolute atomic E-state index is 4.33. The zero-order valence-electron chi connectivity index (χ0n) is 8.12. The van der Waals surface area contributed by atoms with Crippen LogP contribution in [0.2, 0.25) is 0 Å². The van der Waals surface area contributed by atoms with Gasteiger partial charge >= 0.3 is 0 Å². The van der Waals surface area contributed by atoms with Gasteiger partial charge in [-0.2, -0.15) is 0 Å². The van der Waals surface area contributed by atoms with Crippen LogP contribution in [0, 0.1) is 0 Å². The summed E-state index contributed by atoms with van der Waals surface area (Å²) in [6, 6.07) is 7.89. The van der Waals surface area contributed by atoms with E-state index in [2.05, 4.69) is 16.7 Å². The highest BCUT2D eigenvalue weighted by Gasteiger charge is 2.01. The first-order chi connectivity index (χ1) is 6.29. The molecule has 0 bridgehead atoms. The molecule has 0 saturated heterocycles. The minimum atomic E-state index is 0.803. The van der Waals surface area contributed by atoms with E-state index in [1.54, 1.807) is 0 Å². The van der Waals surface area contributed by atoms with E-state index in [1.165, 1.54) is 0 Å². The monoisotopic (exact) mass is 174 g/mol. The molecule has 68 valence electrons. The minimum Gasteiger partial charge on any atom is -0.290 e. The first kappa shape index (κ1) is 9.65. The maximum atomic E-state index is 4.33. The topological polar surface area (TPSA) is 24.7 Å². The first-order valence-electron chi connectivity index (χ1n) is 4.36. The molecule has 1 rings (SSSR count). The quantitative estimate of drug-likeness (QED) is 0.629. The SMILES string of the molecule is C=Nc1ccccc1C(C)=NCC. The molecular weight excluding hydrogens is 160 g/mol. The Hall–Kier alpha value is -1.44. The molecular formula is C11H14N2. The number of nitrogens with zero attached hydrogens (tertiary/aromatic N) is 2. The van der Waals surface area contributed by atoms with Crippen LogP contribution < -0.4 is 0 Å². The van der Waals surface area contributed by atoms with E-state index in [-0.39, 0.29) is 0 Å². The molecule has 0 unspecified atom stereocenters. The molecule has 13 heavy (non-hydrogen) atoms. The Labute approximate surface area is 79.0 Å². The summed E-state index contributed by atoms with van der Waals surface area (Å²) in [5, 5.41) is 0. The van der Waals surface area contributed by atoms with Gasteiger partial charge in [-0.1, -0.05) is 18.2 Å². The highest BCUT2D eigenvalue weighted by molar-refractivity contribution is 6.03. The van der Waals surface area contributed by atoms with Crippen molar-refractivity contribution in [1.29, 1.82) is 0 Å². The highest BCUT2D eigenvalue weighted by Crippen LogP contribution is 2.18. The normalized spacial score (nSPS) is 11.4. The van der Waals surface area contributed by atoms with Crippen LogP contribution in [0.5, 0.6) is 0 Å². The van der Waals surface area contributed by atoms with Crippen LogP contribution in [0.15, 0.2) is 34.3 Å². The molecule has 2 heteroatoms. The number of hydrogen-bond donors (Lipinski definition) is 0. The summed E-state index contributed by atoms with van der Waals surface area (Å²) in [4.78, 5) is 8.28. The third-order valence-electron chi connectivity index (χ3n) is 1.86. The van der Waals surface area contributed by atoms with Gasteiger partial charge in [0.05, 0.1) is 5.69 Å². The van der Waals surface area contributed by atoms with E-state index >= 15 is 0 Å². The summed E-state index contributed by atoms with van der Waals surface area (Å²) in [5.41, 5.74) is 2.99. The van der Waals surface area contributed by atoms with Gasteiger partial charge in [-0.15, -0.1) is 0 Å². The average Bonchev–Trinajstić information content (AvgIpc) is 2.18. The fraction of sp³-hybridized carbons (Fsp3) is 0.273. The Morgan fingerprint density at radius 2 is 2.08 bits per heavy atom. The van der Waals surface area contributed by atoms with Crippen molar-refractivity contribution in [3.8, 4) is 0 Å². The molecule has 1 aromatic carbocycles. The second-order valence-corrected chi connectivity index (χ2v) is 2.74. The lowest BCUT2D eigenvalue weighted by atomic mass is 10.1. The van der Waals surface area contributed by atoms with Gasteiger partial charge in [0.2, 0.25) is 0 Å². The van der Waals surface area contributed by atoms with E-state index in [9.17, 15) is 0 Å². The standard InChI is InChI=1S/C11H14N2/c1-4-13-9(2)10-7-5-6-8-11(10)12-3/h5-8H,3-4H2,1-2H3. The summed E-state index contributed by atoms with van der Waals surface area (Å²) in [6.45, 7) is 8.35. The van der Waals surface area contributed by atoms with Crippen molar-refractivity contribution in [1.82, 2.24) is 0 Å². The Morgan fingerprint density at radius 3 is 2.69 bits per heavy atom. The van der Waals surface area contributed by atoms with Gasteiger partial charge in [-0.3, -0.25) is 9.98 Å². The minimum absolute atomic E-state index is 0.803. The Kier molecular flexibility index (Phi) is 3.38. The summed E-state index contributed by atoms with van der Waals surface area (Å²) in [7, 11) is 0. The van der Waals surface area contributed by atoms with Crippen LogP contribution in [0.4, 0.5) is 5.69 Å². The fourth-order valence-corrected chi connectivity index (χ4v) is 1.24. The van der Waals surface area contributed by atoms with E-state index < -0.39 is 0 Å². The zero-order valence-corrected chi connectivity index (χ0v) is 8.12. The van der Waals surface area contributed by atoms with E-state index in [0.29, 0.717) is 0 Å². The van der Waals surface area contributed by atoms with Crippen LogP contribution in [0.3, 0.4) is 0 Å². The predicted molar refractivity (Wildman–Crippen MR) is 58.4 cm³/mol. The molecule has 0 atom stereocenters. The smallest absolute Gasteiger partial charge is 0.0712 e. The van der Waals surface area contributed by atoms with Crippen LogP contribution >= 0.6 is 0 Å². The molecule has 0 aromatic heterocycles. The Morgan fingerprint density at radius 1 is 1.38 bits per heavy atom. The number of aliphatic imine (C=N–C) groups is 2. The fourth-order valence-electron chi connectivity index (χ4n) is 1.24. The molecule has 1 aromatic rings. The van der Waals surface area contributed by atoms with Gasteiger partial charge in [0.1, 0.15) is 0 Å². The van der Waals surface area contributed by atoms with Crippen LogP contribution in [-0.4, -0.2) is 19.0 Å². The molecule has 0 N–H and O–H groups in total. The highest BCUT2D eigenvalue weighted by atomic mass is 14.7. The van der Waals surface area contributed by atoms with Crippen molar-refractivity contribution in [2.75, 3.05) is 6.54 Å². The van der Waals surface area contributed by atoms with Crippen molar-refractivity contribution in [2.45, 2.75) is 13.8 Å². The number of hydrogen-bond acceptors (Lipinski definition) is 2. The summed E-state index contributed by atoms with van der Waals surface area (Å²) in [5.74, 6) is 0. The third-order valence-corrected chi connectivity index (χ3v) is 1.86. The lowest BCUT2D eigenvalue weighted by Crippen LogP contribution is -1.95. The summed E-state index contributed by atoms with van der Waals surface area (Å²) >= 11 is 0. The van der Waals surface area contributed by atoms with Crippen LogP contribution in [-0.2, 0) is 0 Å². The van der Waals surface area contributed by atoms with Crippen molar-refractivity contribution < 1.29 is 0 Å². The van der Waals surface area contributed by atoms with Crippen molar-refractivity contribution in [2.24, 2.45) is 9.98 Å². The van der Waals surface area contributed by atoms with Gasteiger partial charge in [0.15, 0.2) is 0 Å². The second-order valence-electron chi connectivity index (χ2n) is 2.74. The molecule has 0 fully saturated rings. The molecule has 0 saturated carbocycles. The van der Waals surface area contributed by atoms with E-state index in [0.717, 1.165) is 23.5 Å². The Balaban J connectivity index is 3.12. The molecule has 0 aliphatic rings. The zero-order chi connectivity index (χ0) is 9.68. The van der Waals surface area contributed by atoms with Crippen molar-refractivity contribution >= 4 is 18.1 Å². The molecule has 0 heterocycles. The Bertz CT molecular complexity index is 327. The summed E-state index contributed by atoms with van der Waals surface area (Å²) in [6.07, 6.45) is 0. The predicted octanol–water partition coefficient (Wildman–Crippen LogP) is 2.85. The molecule has 0 aliphatic carbocycles. The number of rotatable bonds is 3. The lowest BCUT2D eigenvalue weighted by Gasteiger charge is -2.03. The van der Waals surface area contributed by atoms with Gasteiger partial charge in [0, 0.05) is 17.8 Å². The van der Waals surface area contributed by atoms with Crippen LogP contribution in [0.1, 0.15) is 19.4 Å². The average molecular weight is 174 g/mol. The molecule has 2 nitrogen and oxygen atoms in total. The third kappa shape index (κ3) is 2.25. The van der Waals surface area contributed by atoms with Crippen LogP contribution in [0.25, 0.3) is 0 Å². The van der Waals surface area contributed by atoms with Crippen molar-refractivity contribution in [3.05, 3.63) is 29.8 Å². The number of para-hydroxylation sites is 1. The summed E-state index contributed by atoms with van der Waals surface area (Å²) < 4.78 is 0. The van der Waals surface area contributed by atoms with Gasteiger partial charge in [-0.05, 0) is 26.6 Å². The van der Waals surface area contributed by atoms with Crippen molar-refractivity contribution in [3.63, 3.8) is 0 Å². The first-order valence-corrected chi connectivity index (χ1v) is 4.36. The largest absolute Gasteiger partial charge is 0.290 e. The van der Waals surface area contributed by atoms with E-state index in [4.69, 9.17) is 0 Å². The van der Waals surface area contributed by atoms with Gasteiger partial charge in [0.25, 0.3) is 0 Å². The molecule has 0 spiro atoms. The molecule has 0 amide bonds. The lowest BCUT2D eigenvalue weighted by molar-refractivity contribution is 1.13. The molecule has 0 aliphatic heterocycles.